The molecule has 0 saturated heterocycles. The molecule has 2 aromatic carbocycles. The van der Waals surface area contributed by atoms with Gasteiger partial charge in [0, 0.05) is 6.61 Å². The van der Waals surface area contributed by atoms with Crippen molar-refractivity contribution < 1.29 is 4.74 Å². The van der Waals surface area contributed by atoms with E-state index in [-0.39, 0.29) is 11.6 Å². The number of nitrogens with two attached hydrogens (primary N) is 1. The fourth-order valence-corrected chi connectivity index (χ4v) is 3.26. The van der Waals surface area contributed by atoms with Gasteiger partial charge in [-0.05, 0) is 36.1 Å². The van der Waals surface area contributed by atoms with E-state index in [0.717, 1.165) is 12.8 Å². The molecule has 0 amide bonds. The summed E-state index contributed by atoms with van der Waals surface area (Å²) in [6.45, 7) is 7.05. The molecule has 0 aliphatic heterocycles. The van der Waals surface area contributed by atoms with E-state index in [1.54, 1.807) is 0 Å². The lowest BCUT2D eigenvalue weighted by molar-refractivity contribution is -0.0730. The van der Waals surface area contributed by atoms with Crippen LogP contribution in [0.25, 0.3) is 10.8 Å². The Kier molecular flexibility index (Phi) is 5.34. The van der Waals surface area contributed by atoms with Gasteiger partial charge in [0.1, 0.15) is 0 Å². The summed E-state index contributed by atoms with van der Waals surface area (Å²) in [5.41, 5.74) is 3.93. The molecule has 114 valence electrons. The van der Waals surface area contributed by atoms with E-state index in [2.05, 4.69) is 61.7 Å². The summed E-state index contributed by atoms with van der Waals surface area (Å²) in [4.78, 5) is 0. The second-order valence-corrected chi connectivity index (χ2v) is 5.37. The molecule has 0 saturated carbocycles. The number of hydrogen-bond donors (Lipinski definition) is 2. The molecular weight excluding hydrogens is 260 g/mol. The van der Waals surface area contributed by atoms with Gasteiger partial charge in [0.25, 0.3) is 0 Å². The molecule has 3 heteroatoms. The van der Waals surface area contributed by atoms with Crippen molar-refractivity contribution in [2.24, 2.45) is 5.84 Å². The Morgan fingerprint density at radius 2 is 1.71 bits per heavy atom. The molecular formula is C18H26N2O. The lowest BCUT2D eigenvalue weighted by Gasteiger charge is -2.39. The first-order chi connectivity index (χ1) is 10.2. The number of benzene rings is 2. The molecule has 1 unspecified atom stereocenters. The number of nitrogens with one attached hydrogen (secondary N) is 1. The maximum atomic E-state index is 6.14. The normalized spacial score (nSPS) is 13.5. The largest absolute Gasteiger partial charge is 0.373 e. The minimum absolute atomic E-state index is 0.0291. The lowest BCUT2D eigenvalue weighted by Crippen LogP contribution is -2.48. The molecule has 0 aromatic heterocycles. The molecule has 3 nitrogen and oxygen atoms in total. The number of hydrogen-bond acceptors (Lipinski definition) is 3. The summed E-state index contributed by atoms with van der Waals surface area (Å²) in [6.07, 6.45) is 1.82. The standard InChI is InChI=1S/C18H26N2O/c1-4-18(5-2,21-6-3)17(20-19)16-13-9-11-14-10-7-8-12-15(14)16/h7-13,17,20H,4-6,19H2,1-3H3. The highest BCUT2D eigenvalue weighted by Gasteiger charge is 2.37. The predicted molar refractivity (Wildman–Crippen MR) is 89.0 cm³/mol. The fourth-order valence-electron chi connectivity index (χ4n) is 3.26. The highest BCUT2D eigenvalue weighted by Crippen LogP contribution is 2.37. The van der Waals surface area contributed by atoms with E-state index in [1.165, 1.54) is 16.3 Å². The van der Waals surface area contributed by atoms with Crippen molar-refractivity contribution >= 4 is 10.8 Å². The fraction of sp³-hybridized carbons (Fsp3) is 0.444. The molecule has 0 aliphatic carbocycles. The van der Waals surface area contributed by atoms with E-state index in [4.69, 9.17) is 10.6 Å². The van der Waals surface area contributed by atoms with Crippen LogP contribution in [-0.4, -0.2) is 12.2 Å². The molecule has 0 fully saturated rings. The van der Waals surface area contributed by atoms with Gasteiger partial charge in [-0.3, -0.25) is 11.3 Å². The van der Waals surface area contributed by atoms with Crippen molar-refractivity contribution in [2.45, 2.75) is 45.3 Å². The molecule has 2 rings (SSSR count). The number of hydrazine groups is 1. The average Bonchev–Trinajstić information content (AvgIpc) is 2.54. The Labute approximate surface area is 127 Å². The van der Waals surface area contributed by atoms with Crippen LogP contribution in [0.3, 0.4) is 0 Å². The van der Waals surface area contributed by atoms with Gasteiger partial charge in [-0.2, -0.15) is 0 Å². The van der Waals surface area contributed by atoms with Gasteiger partial charge in [-0.1, -0.05) is 56.3 Å². The summed E-state index contributed by atoms with van der Waals surface area (Å²) in [5, 5.41) is 2.46. The first kappa shape index (κ1) is 16.0. The zero-order valence-electron chi connectivity index (χ0n) is 13.2. The van der Waals surface area contributed by atoms with Crippen LogP contribution in [0.4, 0.5) is 0 Å². The Balaban J connectivity index is 2.57. The SMILES string of the molecule is CCOC(CC)(CC)C(NN)c1cccc2ccccc12. The zero-order chi connectivity index (χ0) is 15.3. The van der Waals surface area contributed by atoms with E-state index in [0.29, 0.717) is 6.61 Å². The molecule has 0 bridgehead atoms. The monoisotopic (exact) mass is 286 g/mol. The molecule has 1 atom stereocenters. The molecule has 21 heavy (non-hydrogen) atoms. The van der Waals surface area contributed by atoms with Crippen LogP contribution in [0.1, 0.15) is 45.2 Å². The van der Waals surface area contributed by atoms with E-state index in [9.17, 15) is 0 Å². The summed E-state index contributed by atoms with van der Waals surface area (Å²) in [6, 6.07) is 14.7. The van der Waals surface area contributed by atoms with E-state index in [1.807, 2.05) is 6.92 Å². The third kappa shape index (κ3) is 2.95. The second-order valence-electron chi connectivity index (χ2n) is 5.37. The van der Waals surface area contributed by atoms with Crippen molar-refractivity contribution in [2.75, 3.05) is 6.61 Å². The van der Waals surface area contributed by atoms with Crippen LogP contribution >= 0.6 is 0 Å². The number of ether oxygens (including phenoxy) is 1. The third-order valence-electron chi connectivity index (χ3n) is 4.46. The summed E-state index contributed by atoms with van der Waals surface area (Å²) in [7, 11) is 0. The van der Waals surface area contributed by atoms with Crippen molar-refractivity contribution in [1.29, 1.82) is 0 Å². The summed E-state index contributed by atoms with van der Waals surface area (Å²) >= 11 is 0. The van der Waals surface area contributed by atoms with E-state index < -0.39 is 0 Å². The highest BCUT2D eigenvalue weighted by atomic mass is 16.5. The van der Waals surface area contributed by atoms with Crippen LogP contribution in [0.15, 0.2) is 42.5 Å². The Hall–Kier alpha value is -1.42. The first-order valence-electron chi connectivity index (χ1n) is 7.80. The zero-order valence-corrected chi connectivity index (χ0v) is 13.2. The summed E-state index contributed by atoms with van der Waals surface area (Å²) in [5.74, 6) is 5.93. The molecule has 0 aliphatic rings. The Bertz CT molecular complexity index is 573. The molecule has 0 heterocycles. The maximum absolute atomic E-state index is 6.14. The predicted octanol–water partition coefficient (Wildman–Crippen LogP) is 3.94. The molecule has 3 N–H and O–H groups in total. The van der Waals surface area contributed by atoms with Crippen molar-refractivity contribution in [3.05, 3.63) is 48.0 Å². The highest BCUT2D eigenvalue weighted by molar-refractivity contribution is 5.86. The van der Waals surface area contributed by atoms with Gasteiger partial charge >= 0.3 is 0 Å². The Morgan fingerprint density at radius 3 is 2.33 bits per heavy atom. The van der Waals surface area contributed by atoms with Crippen LogP contribution in [-0.2, 0) is 4.74 Å². The molecule has 0 radical (unpaired) electrons. The van der Waals surface area contributed by atoms with Gasteiger partial charge in [-0.25, -0.2) is 0 Å². The third-order valence-corrected chi connectivity index (χ3v) is 4.46. The van der Waals surface area contributed by atoms with Gasteiger partial charge in [0.15, 0.2) is 0 Å². The minimum Gasteiger partial charge on any atom is -0.373 e. The van der Waals surface area contributed by atoms with Crippen LogP contribution < -0.4 is 11.3 Å². The Morgan fingerprint density at radius 1 is 1.05 bits per heavy atom. The smallest absolute Gasteiger partial charge is 0.0884 e. The topological polar surface area (TPSA) is 47.3 Å². The maximum Gasteiger partial charge on any atom is 0.0884 e. The second kappa shape index (κ2) is 7.03. The van der Waals surface area contributed by atoms with Gasteiger partial charge in [-0.15, -0.1) is 0 Å². The lowest BCUT2D eigenvalue weighted by atomic mass is 9.82. The van der Waals surface area contributed by atoms with Crippen molar-refractivity contribution in [3.63, 3.8) is 0 Å². The average molecular weight is 286 g/mol. The molecule has 2 aromatic rings. The minimum atomic E-state index is -0.284. The summed E-state index contributed by atoms with van der Waals surface area (Å²) < 4.78 is 6.14. The van der Waals surface area contributed by atoms with E-state index >= 15 is 0 Å². The van der Waals surface area contributed by atoms with Gasteiger partial charge in [0.05, 0.1) is 11.6 Å². The number of fused-ring (bicyclic) bond motifs is 1. The molecule has 0 spiro atoms. The van der Waals surface area contributed by atoms with Crippen molar-refractivity contribution in [3.8, 4) is 0 Å². The number of rotatable bonds is 7. The van der Waals surface area contributed by atoms with Crippen LogP contribution in [0.5, 0.6) is 0 Å². The van der Waals surface area contributed by atoms with Crippen molar-refractivity contribution in [1.82, 2.24) is 5.43 Å². The van der Waals surface area contributed by atoms with Crippen LogP contribution in [0.2, 0.25) is 0 Å². The first-order valence-corrected chi connectivity index (χ1v) is 7.80. The van der Waals surface area contributed by atoms with Gasteiger partial charge < -0.3 is 4.74 Å². The van der Waals surface area contributed by atoms with Gasteiger partial charge in [0.2, 0.25) is 0 Å². The van der Waals surface area contributed by atoms with Crippen LogP contribution in [0, 0.1) is 0 Å². The quantitative estimate of drug-likeness (QED) is 0.598.